The smallest absolute Gasteiger partial charge is 0.267 e. The lowest BCUT2D eigenvalue weighted by atomic mass is 10.1. The van der Waals surface area contributed by atoms with E-state index in [1.165, 1.54) is 10.7 Å². The molecule has 33 heavy (non-hydrogen) atoms. The largest absolute Gasteiger partial charge is 0.495 e. The van der Waals surface area contributed by atoms with Gasteiger partial charge in [-0.25, -0.2) is 4.68 Å². The van der Waals surface area contributed by atoms with Crippen LogP contribution in [0.15, 0.2) is 59.4 Å². The predicted octanol–water partition coefficient (Wildman–Crippen LogP) is 2.83. The molecule has 1 aliphatic rings. The molecule has 2 aromatic carbocycles. The zero-order valence-corrected chi connectivity index (χ0v) is 19.2. The average molecular weight is 448 g/mol. The number of benzene rings is 2. The Kier molecular flexibility index (Phi) is 6.63. The molecule has 0 spiro atoms. The second kappa shape index (κ2) is 9.77. The number of hydrogen-bond donors (Lipinski definition) is 1. The highest BCUT2D eigenvalue weighted by atomic mass is 16.5. The van der Waals surface area contributed by atoms with Crippen LogP contribution in [-0.4, -0.2) is 49.0 Å². The molecule has 0 bridgehead atoms. The fourth-order valence-electron chi connectivity index (χ4n) is 4.17. The third-order valence-electron chi connectivity index (χ3n) is 5.68. The van der Waals surface area contributed by atoms with Crippen molar-refractivity contribution in [1.29, 1.82) is 0 Å². The monoisotopic (exact) mass is 447 g/mol. The molecule has 0 saturated carbocycles. The molecule has 3 aromatic rings. The van der Waals surface area contributed by atoms with Gasteiger partial charge in [-0.2, -0.15) is 5.10 Å². The molecule has 8 nitrogen and oxygen atoms in total. The minimum atomic E-state index is -0.304. The summed E-state index contributed by atoms with van der Waals surface area (Å²) in [7, 11) is 1.68. The van der Waals surface area contributed by atoms with Gasteiger partial charge in [0.1, 0.15) is 18.1 Å². The van der Waals surface area contributed by atoms with Crippen LogP contribution in [0.4, 0.5) is 17.2 Å². The van der Waals surface area contributed by atoms with Crippen molar-refractivity contribution in [2.45, 2.75) is 20.4 Å². The maximum atomic E-state index is 12.6. The first kappa shape index (κ1) is 22.4. The molecule has 1 aliphatic heterocycles. The fraction of sp³-hybridized carbons (Fsp3) is 0.320. The lowest BCUT2D eigenvalue weighted by Crippen LogP contribution is -2.47. The summed E-state index contributed by atoms with van der Waals surface area (Å²) in [5, 5.41) is 7.33. The van der Waals surface area contributed by atoms with Crippen molar-refractivity contribution < 1.29 is 9.53 Å². The number of amides is 1. The van der Waals surface area contributed by atoms with E-state index < -0.39 is 0 Å². The van der Waals surface area contributed by atoms with Crippen LogP contribution in [-0.2, 0) is 11.3 Å². The number of anilines is 3. The van der Waals surface area contributed by atoms with E-state index in [2.05, 4.69) is 26.3 Å². The molecule has 1 fully saturated rings. The molecule has 4 rings (SSSR count). The van der Waals surface area contributed by atoms with E-state index in [1.54, 1.807) is 13.2 Å². The highest BCUT2D eigenvalue weighted by Gasteiger charge is 2.21. The number of piperazine rings is 1. The van der Waals surface area contributed by atoms with E-state index in [0.717, 1.165) is 48.7 Å². The van der Waals surface area contributed by atoms with Gasteiger partial charge in [0.05, 0.1) is 12.8 Å². The number of aromatic nitrogens is 2. The molecule has 0 aliphatic carbocycles. The Balaban J connectivity index is 1.42. The molecular weight excluding hydrogens is 418 g/mol. The van der Waals surface area contributed by atoms with Crippen LogP contribution in [0, 0.1) is 13.8 Å². The highest BCUT2D eigenvalue weighted by Crippen LogP contribution is 2.28. The van der Waals surface area contributed by atoms with Gasteiger partial charge in [0, 0.05) is 37.9 Å². The molecule has 8 heteroatoms. The quantitative estimate of drug-likeness (QED) is 0.626. The number of nitrogens with zero attached hydrogens (tertiary/aromatic N) is 4. The lowest BCUT2D eigenvalue weighted by Gasteiger charge is -2.37. The number of ether oxygens (including phenoxy) is 1. The maximum absolute atomic E-state index is 12.6. The van der Waals surface area contributed by atoms with Gasteiger partial charge in [-0.3, -0.25) is 9.59 Å². The number of carbonyl (C=O) groups is 1. The van der Waals surface area contributed by atoms with Gasteiger partial charge < -0.3 is 19.9 Å². The van der Waals surface area contributed by atoms with Gasteiger partial charge in [0.15, 0.2) is 0 Å². The first-order chi connectivity index (χ1) is 15.9. The molecule has 1 amide bonds. The molecule has 1 N–H and O–H groups in total. The Morgan fingerprint density at radius 2 is 1.64 bits per heavy atom. The van der Waals surface area contributed by atoms with Crippen LogP contribution in [0.2, 0.25) is 0 Å². The van der Waals surface area contributed by atoms with Crippen LogP contribution in [0.5, 0.6) is 5.75 Å². The number of para-hydroxylation sites is 2. The van der Waals surface area contributed by atoms with Crippen molar-refractivity contribution in [3.8, 4) is 5.75 Å². The normalized spacial score (nSPS) is 13.7. The van der Waals surface area contributed by atoms with E-state index in [1.807, 2.05) is 50.2 Å². The summed E-state index contributed by atoms with van der Waals surface area (Å²) < 4.78 is 6.71. The van der Waals surface area contributed by atoms with Crippen molar-refractivity contribution >= 4 is 23.1 Å². The van der Waals surface area contributed by atoms with E-state index in [0.29, 0.717) is 11.5 Å². The van der Waals surface area contributed by atoms with Gasteiger partial charge in [-0.15, -0.1) is 0 Å². The van der Waals surface area contributed by atoms with E-state index >= 15 is 0 Å². The first-order valence-electron chi connectivity index (χ1n) is 11.0. The second-order valence-corrected chi connectivity index (χ2v) is 8.26. The molecular formula is C25H29N5O3. The molecule has 0 unspecified atom stereocenters. The zero-order chi connectivity index (χ0) is 23.4. The summed E-state index contributed by atoms with van der Waals surface area (Å²) in [5.74, 6) is 1.26. The number of nitrogens with one attached hydrogen (secondary N) is 1. The molecule has 2 heterocycles. The van der Waals surface area contributed by atoms with Gasteiger partial charge in [0.25, 0.3) is 5.56 Å². The lowest BCUT2D eigenvalue weighted by molar-refractivity contribution is -0.117. The van der Waals surface area contributed by atoms with Gasteiger partial charge in [0.2, 0.25) is 5.91 Å². The Hall–Kier alpha value is -3.81. The minimum absolute atomic E-state index is 0.138. The van der Waals surface area contributed by atoms with Crippen LogP contribution < -0.4 is 25.4 Å². The van der Waals surface area contributed by atoms with E-state index in [9.17, 15) is 9.59 Å². The first-order valence-corrected chi connectivity index (χ1v) is 11.0. The molecule has 1 saturated heterocycles. The summed E-state index contributed by atoms with van der Waals surface area (Å²) in [6, 6.07) is 17.0. The number of rotatable bonds is 6. The average Bonchev–Trinajstić information content (AvgIpc) is 2.80. The molecule has 172 valence electrons. The van der Waals surface area contributed by atoms with Gasteiger partial charge in [-0.05, 0) is 55.3 Å². The van der Waals surface area contributed by atoms with Gasteiger partial charge >= 0.3 is 0 Å². The zero-order valence-electron chi connectivity index (χ0n) is 19.2. The summed E-state index contributed by atoms with van der Waals surface area (Å²) in [6.45, 7) is 6.91. The van der Waals surface area contributed by atoms with Crippen molar-refractivity contribution in [1.82, 2.24) is 9.78 Å². The van der Waals surface area contributed by atoms with Crippen molar-refractivity contribution in [2.75, 3.05) is 48.4 Å². The highest BCUT2D eigenvalue weighted by molar-refractivity contribution is 5.90. The molecule has 1 aromatic heterocycles. The van der Waals surface area contributed by atoms with E-state index in [4.69, 9.17) is 4.74 Å². The molecule has 0 radical (unpaired) electrons. The third kappa shape index (κ3) is 5.34. The summed E-state index contributed by atoms with van der Waals surface area (Å²) >= 11 is 0. The van der Waals surface area contributed by atoms with Gasteiger partial charge in [-0.1, -0.05) is 18.2 Å². The second-order valence-electron chi connectivity index (χ2n) is 8.26. The fourth-order valence-corrected chi connectivity index (χ4v) is 4.17. The number of carbonyl (C=O) groups excluding carboxylic acids is 1. The van der Waals surface area contributed by atoms with Crippen molar-refractivity contribution in [3.05, 3.63) is 76.1 Å². The third-order valence-corrected chi connectivity index (χ3v) is 5.68. The topological polar surface area (TPSA) is 79.7 Å². The van der Waals surface area contributed by atoms with Crippen LogP contribution in [0.25, 0.3) is 0 Å². The predicted molar refractivity (Wildman–Crippen MR) is 130 cm³/mol. The number of hydrogen-bond acceptors (Lipinski definition) is 6. The SMILES string of the molecule is COc1ccccc1N1CCN(c2ccc(=O)n(CC(=O)Nc3cc(C)cc(C)c3)n2)CC1. The van der Waals surface area contributed by atoms with E-state index in [-0.39, 0.29) is 18.0 Å². The number of methoxy groups -OCH3 is 1. The Bertz CT molecular complexity index is 1180. The molecule has 0 atom stereocenters. The summed E-state index contributed by atoms with van der Waals surface area (Å²) in [5.41, 5.74) is 3.61. The maximum Gasteiger partial charge on any atom is 0.267 e. The van der Waals surface area contributed by atoms with Crippen molar-refractivity contribution in [3.63, 3.8) is 0 Å². The Morgan fingerprint density at radius 3 is 2.33 bits per heavy atom. The number of aryl methyl sites for hydroxylation is 2. The van der Waals surface area contributed by atoms with Crippen LogP contribution in [0.1, 0.15) is 11.1 Å². The minimum Gasteiger partial charge on any atom is -0.495 e. The standard InChI is InChI=1S/C25H29N5O3/c1-18-14-19(2)16-20(15-18)26-24(31)17-30-25(32)9-8-23(27-30)29-12-10-28(11-13-29)21-6-4-5-7-22(21)33-3/h4-9,14-16H,10-13,17H2,1-3H3,(H,26,31). The Morgan fingerprint density at radius 1 is 0.970 bits per heavy atom. The summed E-state index contributed by atoms with van der Waals surface area (Å²) in [4.78, 5) is 29.3. The Labute approximate surface area is 193 Å². The van der Waals surface area contributed by atoms with Crippen LogP contribution >= 0.6 is 0 Å². The summed E-state index contributed by atoms with van der Waals surface area (Å²) in [6.07, 6.45) is 0. The van der Waals surface area contributed by atoms with Crippen LogP contribution in [0.3, 0.4) is 0 Å². The van der Waals surface area contributed by atoms with Crippen molar-refractivity contribution in [2.24, 2.45) is 0 Å².